The lowest BCUT2D eigenvalue weighted by Crippen LogP contribution is -2.57. The summed E-state index contributed by atoms with van der Waals surface area (Å²) < 4.78 is 61.8. The molecule has 5 atom stereocenters. The van der Waals surface area contributed by atoms with Gasteiger partial charge in [-0.1, -0.05) is 18.2 Å². The Labute approximate surface area is 256 Å². The van der Waals surface area contributed by atoms with E-state index in [1.165, 1.54) is 36.7 Å². The summed E-state index contributed by atoms with van der Waals surface area (Å²) in [6, 6.07) is 8.81. The Morgan fingerprint density at radius 1 is 1.14 bits per heavy atom. The maximum atomic E-state index is 15.2. The van der Waals surface area contributed by atoms with E-state index < -0.39 is 39.5 Å². The molecule has 2 unspecified atom stereocenters. The number of hydrogen-bond acceptors (Lipinski definition) is 8. The van der Waals surface area contributed by atoms with Gasteiger partial charge in [-0.2, -0.15) is 4.31 Å². The summed E-state index contributed by atoms with van der Waals surface area (Å²) in [5, 5.41) is 6.21. The van der Waals surface area contributed by atoms with Gasteiger partial charge in [0.1, 0.15) is 11.6 Å². The zero-order valence-corrected chi connectivity index (χ0v) is 25.6. The first-order valence-corrected chi connectivity index (χ1v) is 16.4. The van der Waals surface area contributed by atoms with Crippen LogP contribution in [-0.2, 0) is 21.2 Å². The van der Waals surface area contributed by atoms with Crippen LogP contribution in [0.1, 0.15) is 55.7 Å². The standard InChI is InChI=1S/C31H38F2N6O4S/c1-19(2)43-31-36-15-21(16-37-31)28(20-8-10-22(32)11-9-20)29(34)30(40)38-27-7-3-6-26(33)25(27)13-12-24-17-35-23-5-4-14-44(41,42)39(24)18-23/h3,6-11,15-16,19,23-24,28-29,35H,4-5,12-14,17-18,34H2,1-2H3,(H,38,40)/t23-,24?,28+,29+/m1/s1. The van der Waals surface area contributed by atoms with E-state index in [4.69, 9.17) is 10.5 Å². The summed E-state index contributed by atoms with van der Waals surface area (Å²) >= 11 is 0. The molecule has 2 fully saturated rings. The average Bonchev–Trinajstić information content (AvgIpc) is 3.10. The molecule has 13 heteroatoms. The van der Waals surface area contributed by atoms with Crippen LogP contribution in [-0.4, -0.2) is 71.7 Å². The molecule has 0 spiro atoms. The van der Waals surface area contributed by atoms with Gasteiger partial charge in [0, 0.05) is 54.7 Å². The van der Waals surface area contributed by atoms with Crippen LogP contribution in [0.2, 0.25) is 0 Å². The highest BCUT2D eigenvalue weighted by molar-refractivity contribution is 7.89. The van der Waals surface area contributed by atoms with Gasteiger partial charge in [0.05, 0.1) is 17.9 Å². The van der Waals surface area contributed by atoms with Crippen LogP contribution in [0.3, 0.4) is 0 Å². The second-order valence-electron chi connectivity index (χ2n) is 11.6. The topological polar surface area (TPSA) is 140 Å². The number of hydrogen-bond donors (Lipinski definition) is 3. The molecule has 2 saturated heterocycles. The van der Waals surface area contributed by atoms with Crippen molar-refractivity contribution in [1.29, 1.82) is 0 Å². The summed E-state index contributed by atoms with van der Waals surface area (Å²) in [4.78, 5) is 22.1. The molecule has 3 aromatic rings. The maximum absolute atomic E-state index is 15.2. The minimum absolute atomic E-state index is 0.105. The Hall–Kier alpha value is -3.52. The van der Waals surface area contributed by atoms with Crippen LogP contribution in [0.5, 0.6) is 6.01 Å². The van der Waals surface area contributed by atoms with Gasteiger partial charge in [-0.15, -0.1) is 0 Å². The quantitative estimate of drug-likeness (QED) is 0.311. The Balaban J connectivity index is 1.36. The van der Waals surface area contributed by atoms with Gasteiger partial charge in [0.25, 0.3) is 0 Å². The van der Waals surface area contributed by atoms with Crippen molar-refractivity contribution in [3.8, 4) is 6.01 Å². The van der Waals surface area contributed by atoms with Crippen molar-refractivity contribution in [2.24, 2.45) is 5.73 Å². The summed E-state index contributed by atoms with van der Waals surface area (Å²) in [5.74, 6) is -2.19. The summed E-state index contributed by atoms with van der Waals surface area (Å²) in [5.41, 5.74) is 8.13. The number of anilines is 1. The Morgan fingerprint density at radius 2 is 1.86 bits per heavy atom. The number of sulfonamides is 1. The number of carbonyl (C=O) groups is 1. The van der Waals surface area contributed by atoms with Gasteiger partial charge in [-0.05, 0) is 74.9 Å². The second-order valence-corrected chi connectivity index (χ2v) is 13.6. The fourth-order valence-electron chi connectivity index (χ4n) is 5.89. The number of fused-ring (bicyclic) bond motifs is 2. The molecule has 2 aromatic carbocycles. The van der Waals surface area contributed by atoms with Crippen LogP contribution in [0.25, 0.3) is 0 Å². The molecule has 1 amide bonds. The third kappa shape index (κ3) is 7.40. The van der Waals surface area contributed by atoms with Crippen molar-refractivity contribution in [2.45, 2.75) is 69.7 Å². The number of ether oxygens (including phenoxy) is 1. The number of benzene rings is 2. The number of nitrogens with zero attached hydrogens (tertiary/aromatic N) is 3. The highest BCUT2D eigenvalue weighted by atomic mass is 32.2. The predicted octanol–water partition coefficient (Wildman–Crippen LogP) is 3.34. The SMILES string of the molecule is CC(C)Oc1ncc([C@H](c2ccc(F)cc2)[C@H](N)C(=O)Nc2cccc(F)c2CCC2CN[C@@H]3CCCS(=O)(=O)N2C3)cn1. The summed E-state index contributed by atoms with van der Waals surface area (Å²) in [6.07, 6.45) is 4.86. The second kappa shape index (κ2) is 13.6. The molecule has 0 saturated carbocycles. The number of nitrogens with two attached hydrogens (primary N) is 1. The van der Waals surface area contributed by atoms with Crippen molar-refractivity contribution in [2.75, 3.05) is 24.2 Å². The zero-order valence-electron chi connectivity index (χ0n) is 24.7. The molecule has 3 heterocycles. The lowest BCUT2D eigenvalue weighted by molar-refractivity contribution is -0.117. The molecule has 2 bridgehead atoms. The van der Waals surface area contributed by atoms with Crippen LogP contribution in [0.4, 0.5) is 14.5 Å². The molecule has 0 radical (unpaired) electrons. The van der Waals surface area contributed by atoms with E-state index in [0.29, 0.717) is 37.1 Å². The van der Waals surface area contributed by atoms with Crippen molar-refractivity contribution in [3.63, 3.8) is 0 Å². The van der Waals surface area contributed by atoms with Crippen molar-refractivity contribution >= 4 is 21.6 Å². The number of amides is 1. The highest BCUT2D eigenvalue weighted by Gasteiger charge is 2.38. The zero-order chi connectivity index (χ0) is 31.4. The van der Waals surface area contributed by atoms with Crippen molar-refractivity contribution < 1.29 is 26.7 Å². The molecule has 10 nitrogen and oxygen atoms in total. The molecule has 1 aromatic heterocycles. The van der Waals surface area contributed by atoms with Crippen molar-refractivity contribution in [1.82, 2.24) is 19.6 Å². The van der Waals surface area contributed by atoms with Gasteiger partial charge in [0.2, 0.25) is 15.9 Å². The summed E-state index contributed by atoms with van der Waals surface area (Å²) in [6.45, 7) is 4.57. The van der Waals surface area contributed by atoms with Gasteiger partial charge in [-0.25, -0.2) is 27.2 Å². The van der Waals surface area contributed by atoms with Crippen LogP contribution < -0.4 is 21.1 Å². The molecule has 44 heavy (non-hydrogen) atoms. The van der Waals surface area contributed by atoms with Crippen LogP contribution in [0, 0.1) is 11.6 Å². The third-order valence-electron chi connectivity index (χ3n) is 8.11. The fourth-order valence-corrected chi connectivity index (χ4v) is 7.70. The van der Waals surface area contributed by atoms with E-state index in [1.54, 1.807) is 22.5 Å². The van der Waals surface area contributed by atoms with E-state index in [1.807, 2.05) is 13.8 Å². The molecule has 2 aliphatic rings. The van der Waals surface area contributed by atoms with Crippen molar-refractivity contribution in [3.05, 3.63) is 83.2 Å². The number of aromatic nitrogens is 2. The summed E-state index contributed by atoms with van der Waals surface area (Å²) in [7, 11) is -3.40. The lowest BCUT2D eigenvalue weighted by atomic mass is 9.86. The van der Waals surface area contributed by atoms with E-state index in [2.05, 4.69) is 20.6 Å². The van der Waals surface area contributed by atoms with Crippen LogP contribution >= 0.6 is 0 Å². The number of carbonyl (C=O) groups excluding carboxylic acids is 1. The minimum Gasteiger partial charge on any atom is -0.461 e. The average molecular weight is 629 g/mol. The first-order chi connectivity index (χ1) is 21.0. The molecule has 0 aliphatic carbocycles. The molecule has 2 aliphatic heterocycles. The lowest BCUT2D eigenvalue weighted by Gasteiger charge is -2.37. The fraction of sp³-hybridized carbons (Fsp3) is 0.452. The Kier molecular flexibility index (Phi) is 9.88. The largest absolute Gasteiger partial charge is 0.461 e. The van der Waals surface area contributed by atoms with E-state index in [-0.39, 0.29) is 47.6 Å². The molecule has 236 valence electrons. The van der Waals surface area contributed by atoms with Gasteiger partial charge in [0.15, 0.2) is 0 Å². The predicted molar refractivity (Wildman–Crippen MR) is 163 cm³/mol. The number of piperazine rings is 1. The molecular weight excluding hydrogens is 590 g/mol. The number of nitrogens with one attached hydrogen (secondary N) is 2. The van der Waals surface area contributed by atoms with E-state index in [9.17, 15) is 17.6 Å². The van der Waals surface area contributed by atoms with E-state index >= 15 is 4.39 Å². The van der Waals surface area contributed by atoms with Gasteiger partial charge >= 0.3 is 6.01 Å². The smallest absolute Gasteiger partial charge is 0.316 e. The number of rotatable bonds is 10. The third-order valence-corrected chi connectivity index (χ3v) is 10.1. The Bertz CT molecular complexity index is 1560. The normalized spacial score (nSPS) is 22.5. The molecule has 4 N–H and O–H groups in total. The molecule has 5 rings (SSSR count). The number of halogens is 2. The van der Waals surface area contributed by atoms with Crippen LogP contribution in [0.15, 0.2) is 54.9 Å². The maximum Gasteiger partial charge on any atom is 0.316 e. The Morgan fingerprint density at radius 3 is 2.57 bits per heavy atom. The monoisotopic (exact) mass is 628 g/mol. The first-order valence-electron chi connectivity index (χ1n) is 14.8. The molecular formula is C31H38F2N6O4S. The van der Waals surface area contributed by atoms with Gasteiger partial charge in [-0.3, -0.25) is 4.79 Å². The first kappa shape index (κ1) is 31.9. The van der Waals surface area contributed by atoms with E-state index in [0.717, 1.165) is 6.42 Å². The van der Waals surface area contributed by atoms with Gasteiger partial charge < -0.3 is 21.1 Å². The minimum atomic E-state index is -3.40. The highest BCUT2D eigenvalue weighted by Crippen LogP contribution is 2.30.